The maximum atomic E-state index is 11.5. The second-order valence-electron chi connectivity index (χ2n) is 9.07. The second kappa shape index (κ2) is 12.8. The summed E-state index contributed by atoms with van der Waals surface area (Å²) < 4.78 is 26.9. The molecular weight excluding hydrogens is 510 g/mol. The van der Waals surface area contributed by atoms with Crippen molar-refractivity contribution in [3.63, 3.8) is 0 Å². The minimum atomic E-state index is -1.91. The summed E-state index contributed by atoms with van der Waals surface area (Å²) in [4.78, 5) is 11.5. The van der Waals surface area contributed by atoms with Crippen molar-refractivity contribution in [2.75, 3.05) is 19.8 Å². The molecule has 17 heteroatoms. The van der Waals surface area contributed by atoms with E-state index in [1.54, 1.807) is 0 Å². The van der Waals surface area contributed by atoms with E-state index in [9.17, 15) is 55.9 Å². The molecule has 0 aromatic heterocycles. The zero-order valence-electron chi connectivity index (χ0n) is 19.7. The number of nitrogens with one attached hydrogen (secondary N) is 1. The summed E-state index contributed by atoms with van der Waals surface area (Å²) in [5.41, 5.74) is 0. The van der Waals surface area contributed by atoms with Gasteiger partial charge in [0.05, 0.1) is 19.8 Å². The Labute approximate surface area is 210 Å². The maximum Gasteiger partial charge on any atom is 0.217 e. The highest BCUT2D eigenvalue weighted by atomic mass is 16.7. The summed E-state index contributed by atoms with van der Waals surface area (Å²) in [7, 11) is 0. The Kier molecular flexibility index (Phi) is 10.5. The summed E-state index contributed by atoms with van der Waals surface area (Å²) in [6.07, 6.45) is -23.4. The molecule has 0 aromatic carbocycles. The smallest absolute Gasteiger partial charge is 0.217 e. The predicted octanol–water partition coefficient (Wildman–Crippen LogP) is -7.43. The highest BCUT2D eigenvalue weighted by molar-refractivity contribution is 5.73. The fraction of sp³-hybridized carbons (Fsp3) is 0.950. The molecule has 0 aliphatic carbocycles. The van der Waals surface area contributed by atoms with Gasteiger partial charge in [-0.2, -0.15) is 0 Å². The van der Waals surface area contributed by atoms with E-state index in [1.165, 1.54) is 0 Å². The average molecular weight is 545 g/mol. The van der Waals surface area contributed by atoms with Crippen LogP contribution in [0, 0.1) is 0 Å². The molecule has 3 heterocycles. The van der Waals surface area contributed by atoms with Crippen molar-refractivity contribution in [2.45, 2.75) is 99.0 Å². The first-order valence-electron chi connectivity index (χ1n) is 11.6. The Morgan fingerprint density at radius 3 is 1.70 bits per heavy atom. The lowest BCUT2D eigenvalue weighted by Gasteiger charge is -2.48. The molecule has 1 amide bonds. The van der Waals surface area contributed by atoms with Gasteiger partial charge in [-0.3, -0.25) is 4.79 Å². The van der Waals surface area contributed by atoms with Crippen LogP contribution in [-0.4, -0.2) is 169 Å². The van der Waals surface area contributed by atoms with Gasteiger partial charge < -0.3 is 80.1 Å². The van der Waals surface area contributed by atoms with Crippen LogP contribution >= 0.6 is 0 Å². The third-order valence-electron chi connectivity index (χ3n) is 6.50. The number of aliphatic hydroxyl groups excluding tert-OH is 10. The van der Waals surface area contributed by atoms with Gasteiger partial charge >= 0.3 is 0 Å². The van der Waals surface area contributed by atoms with Crippen molar-refractivity contribution in [3.05, 3.63) is 0 Å². The molecular formula is C20H35NO16. The number of hydrogen-bond donors (Lipinski definition) is 11. The molecule has 0 spiro atoms. The molecule has 11 N–H and O–H groups in total. The fourth-order valence-electron chi connectivity index (χ4n) is 4.46. The van der Waals surface area contributed by atoms with Gasteiger partial charge in [0.15, 0.2) is 18.9 Å². The highest BCUT2D eigenvalue weighted by Gasteiger charge is 2.53. The van der Waals surface area contributed by atoms with E-state index >= 15 is 0 Å². The van der Waals surface area contributed by atoms with Crippen molar-refractivity contribution < 1.29 is 79.5 Å². The minimum Gasteiger partial charge on any atom is -0.394 e. The van der Waals surface area contributed by atoms with Crippen molar-refractivity contribution in [1.82, 2.24) is 5.32 Å². The van der Waals surface area contributed by atoms with Crippen LogP contribution in [-0.2, 0) is 28.5 Å². The van der Waals surface area contributed by atoms with E-state index in [0.29, 0.717) is 0 Å². The van der Waals surface area contributed by atoms with Crippen LogP contribution in [0.4, 0.5) is 0 Å². The Morgan fingerprint density at radius 2 is 1.16 bits per heavy atom. The largest absolute Gasteiger partial charge is 0.394 e. The lowest BCUT2D eigenvalue weighted by molar-refractivity contribution is -0.375. The van der Waals surface area contributed by atoms with Gasteiger partial charge in [0.1, 0.15) is 73.2 Å². The summed E-state index contributed by atoms with van der Waals surface area (Å²) in [5.74, 6) is -0.627. The average Bonchev–Trinajstić information content (AvgIpc) is 2.86. The molecule has 216 valence electrons. The van der Waals surface area contributed by atoms with E-state index in [4.69, 9.17) is 23.7 Å². The lowest BCUT2D eigenvalue weighted by Crippen LogP contribution is -2.68. The first kappa shape index (κ1) is 30.4. The molecule has 15 atom stereocenters. The topological polar surface area (TPSA) is 278 Å². The second-order valence-corrected chi connectivity index (χ2v) is 9.07. The Morgan fingerprint density at radius 1 is 0.649 bits per heavy atom. The van der Waals surface area contributed by atoms with Crippen molar-refractivity contribution in [2.24, 2.45) is 0 Å². The molecule has 3 aliphatic rings. The predicted molar refractivity (Wildman–Crippen MR) is 113 cm³/mol. The Balaban J connectivity index is 1.80. The first-order valence-corrected chi connectivity index (χ1v) is 11.6. The van der Waals surface area contributed by atoms with Gasteiger partial charge in [-0.05, 0) is 0 Å². The van der Waals surface area contributed by atoms with Crippen LogP contribution < -0.4 is 5.32 Å². The Hall–Kier alpha value is -1.13. The SMILES string of the molecule is CC(=O)NC1C(O)[C@H](O[C@@H]2O[C@H](CO)[C@H](O)C(O[C@H]3O[C@H](CO)[C@H](O)C(O)C3O)C2O)[C@@H](CO)O[C@H]1O. The van der Waals surface area contributed by atoms with E-state index in [2.05, 4.69) is 5.32 Å². The molecule has 3 saturated heterocycles. The van der Waals surface area contributed by atoms with Crippen LogP contribution in [0.3, 0.4) is 0 Å². The van der Waals surface area contributed by atoms with E-state index < -0.39 is 118 Å². The summed E-state index contributed by atoms with van der Waals surface area (Å²) in [5, 5.41) is 103. The standard InChI is InChI=1S/C20H35NO16/c1-5(25)21-9-12(28)16(8(4-24)33-18(9)32)36-20-15(31)17(11(27)7(3-23)35-20)37-19-14(30)13(29)10(26)6(2-22)34-19/h6-20,22-24,26-32H,2-4H2,1H3,(H,21,25)/t6-,7-,8-,9?,10+,11+,12?,13?,14?,15?,16-,17?,18-,19-,20+/m1/s1. The van der Waals surface area contributed by atoms with Gasteiger partial charge in [-0.1, -0.05) is 0 Å². The van der Waals surface area contributed by atoms with Gasteiger partial charge in [-0.25, -0.2) is 0 Å². The molecule has 37 heavy (non-hydrogen) atoms. The maximum absolute atomic E-state index is 11.5. The van der Waals surface area contributed by atoms with Gasteiger partial charge in [0.2, 0.25) is 5.91 Å². The first-order chi connectivity index (χ1) is 17.4. The van der Waals surface area contributed by atoms with Gasteiger partial charge in [0, 0.05) is 6.92 Å². The van der Waals surface area contributed by atoms with Crippen molar-refractivity contribution in [3.8, 4) is 0 Å². The number of rotatable bonds is 8. The molecule has 17 nitrogen and oxygen atoms in total. The lowest BCUT2D eigenvalue weighted by atomic mass is 9.95. The van der Waals surface area contributed by atoms with E-state index in [0.717, 1.165) is 6.92 Å². The minimum absolute atomic E-state index is 0.627. The number of ether oxygens (including phenoxy) is 5. The number of aliphatic hydroxyl groups is 10. The monoisotopic (exact) mass is 545 g/mol. The number of carbonyl (C=O) groups excluding carboxylic acids is 1. The van der Waals surface area contributed by atoms with E-state index in [-0.39, 0.29) is 0 Å². The van der Waals surface area contributed by atoms with Crippen LogP contribution in [0.25, 0.3) is 0 Å². The van der Waals surface area contributed by atoms with Gasteiger partial charge in [0.25, 0.3) is 0 Å². The van der Waals surface area contributed by atoms with Crippen LogP contribution in [0.5, 0.6) is 0 Å². The zero-order valence-corrected chi connectivity index (χ0v) is 19.7. The number of hydrogen-bond acceptors (Lipinski definition) is 16. The van der Waals surface area contributed by atoms with Crippen LogP contribution in [0.15, 0.2) is 0 Å². The normalized spacial score (nSPS) is 49.0. The third-order valence-corrected chi connectivity index (χ3v) is 6.50. The van der Waals surface area contributed by atoms with Crippen molar-refractivity contribution >= 4 is 5.91 Å². The van der Waals surface area contributed by atoms with Gasteiger partial charge in [-0.15, -0.1) is 0 Å². The molecule has 0 aromatic rings. The quantitative estimate of drug-likeness (QED) is 0.135. The van der Waals surface area contributed by atoms with E-state index in [1.807, 2.05) is 0 Å². The molecule has 0 bridgehead atoms. The number of carbonyl (C=O) groups is 1. The third kappa shape index (κ3) is 6.38. The molecule has 3 rings (SSSR count). The molecule has 0 radical (unpaired) electrons. The molecule has 6 unspecified atom stereocenters. The zero-order chi connectivity index (χ0) is 27.6. The highest BCUT2D eigenvalue weighted by Crippen LogP contribution is 2.32. The molecule has 0 saturated carbocycles. The van der Waals surface area contributed by atoms with Crippen LogP contribution in [0.1, 0.15) is 6.92 Å². The fourth-order valence-corrected chi connectivity index (χ4v) is 4.46. The summed E-state index contributed by atoms with van der Waals surface area (Å²) in [6.45, 7) is -1.23. The number of amides is 1. The molecule has 3 fully saturated rings. The Bertz CT molecular complexity index is 745. The molecule has 3 aliphatic heterocycles. The van der Waals surface area contributed by atoms with Crippen LogP contribution in [0.2, 0.25) is 0 Å². The van der Waals surface area contributed by atoms with Crippen molar-refractivity contribution in [1.29, 1.82) is 0 Å². The summed E-state index contributed by atoms with van der Waals surface area (Å²) >= 11 is 0. The summed E-state index contributed by atoms with van der Waals surface area (Å²) in [6, 6.07) is -1.40.